The molecule has 2 N–H and O–H groups in total. The van der Waals surface area contributed by atoms with E-state index in [9.17, 15) is 14.9 Å². The number of rotatable bonds is 6. The van der Waals surface area contributed by atoms with Gasteiger partial charge in [-0.25, -0.2) is 5.43 Å². The van der Waals surface area contributed by atoms with E-state index in [0.717, 1.165) is 6.42 Å². The number of nitrogens with one attached hydrogen (secondary N) is 2. The van der Waals surface area contributed by atoms with Gasteiger partial charge in [0.2, 0.25) is 0 Å². The Hall–Kier alpha value is -1.63. The third kappa shape index (κ3) is 2.94. The number of nitro groups is 1. The third-order valence-electron chi connectivity index (χ3n) is 2.52. The summed E-state index contributed by atoms with van der Waals surface area (Å²) in [6.07, 6.45) is 0.871. The molecule has 0 radical (unpaired) electrons. The van der Waals surface area contributed by atoms with E-state index in [-0.39, 0.29) is 29.9 Å². The van der Waals surface area contributed by atoms with Crippen LogP contribution in [0.1, 0.15) is 27.2 Å². The molecule has 0 atom stereocenters. The molecule has 0 spiro atoms. The van der Waals surface area contributed by atoms with Gasteiger partial charge in [0.15, 0.2) is 5.70 Å². The van der Waals surface area contributed by atoms with Gasteiger partial charge in [0.05, 0.1) is 4.92 Å². The maximum atomic E-state index is 11.9. The first-order valence-electron chi connectivity index (χ1n) is 5.66. The molecule has 0 aromatic heterocycles. The Morgan fingerprint density at radius 1 is 1.53 bits per heavy atom. The number of hydrogen-bond donors (Lipinski definition) is 2. The molecule has 0 saturated carbocycles. The minimum atomic E-state index is -0.504. The molecule has 1 aliphatic rings. The van der Waals surface area contributed by atoms with Crippen LogP contribution in [0.5, 0.6) is 0 Å². The lowest BCUT2D eigenvalue weighted by Crippen LogP contribution is -2.39. The Balaban J connectivity index is 2.82. The van der Waals surface area contributed by atoms with Crippen LogP contribution in [0.4, 0.5) is 0 Å². The van der Waals surface area contributed by atoms with Crippen molar-refractivity contribution in [1.29, 1.82) is 0 Å². The Bertz CT molecular complexity index is 351. The van der Waals surface area contributed by atoms with Gasteiger partial charge in [-0.3, -0.25) is 14.9 Å². The standard InChI is InChI=1S/C10H18N4O3/c1-4-5-11-12-9-8(14(16)17)6-13(7(2)3)10(9)15/h7,11-12H,4-6H2,1-3H3. The van der Waals surface area contributed by atoms with Crippen molar-refractivity contribution in [3.8, 4) is 0 Å². The van der Waals surface area contributed by atoms with Crippen LogP contribution in [-0.4, -0.2) is 34.9 Å². The minimum Gasteiger partial charge on any atom is -0.324 e. The van der Waals surface area contributed by atoms with E-state index in [1.807, 2.05) is 20.8 Å². The van der Waals surface area contributed by atoms with Gasteiger partial charge < -0.3 is 10.3 Å². The second-order valence-corrected chi connectivity index (χ2v) is 4.16. The van der Waals surface area contributed by atoms with Gasteiger partial charge in [-0.05, 0) is 20.3 Å². The maximum absolute atomic E-state index is 11.9. The second kappa shape index (κ2) is 5.62. The minimum absolute atomic E-state index is 0.0528. The fraction of sp³-hybridized carbons (Fsp3) is 0.700. The molecular formula is C10H18N4O3. The van der Waals surface area contributed by atoms with Crippen molar-refractivity contribution in [3.05, 3.63) is 21.5 Å². The Labute approximate surface area is 100.0 Å². The zero-order valence-corrected chi connectivity index (χ0v) is 10.3. The summed E-state index contributed by atoms with van der Waals surface area (Å²) < 4.78 is 0. The van der Waals surface area contributed by atoms with Gasteiger partial charge >= 0.3 is 0 Å². The fourth-order valence-electron chi connectivity index (χ4n) is 1.55. The molecule has 96 valence electrons. The summed E-state index contributed by atoms with van der Waals surface area (Å²) in [5.41, 5.74) is 5.41. The number of hydrogen-bond acceptors (Lipinski definition) is 5. The van der Waals surface area contributed by atoms with Crippen molar-refractivity contribution in [2.24, 2.45) is 0 Å². The highest BCUT2D eigenvalue weighted by Crippen LogP contribution is 2.19. The lowest BCUT2D eigenvalue weighted by Gasteiger charge is -2.19. The molecule has 17 heavy (non-hydrogen) atoms. The molecule has 0 aromatic carbocycles. The van der Waals surface area contributed by atoms with Gasteiger partial charge in [0.25, 0.3) is 11.6 Å². The molecule has 7 heteroatoms. The third-order valence-corrected chi connectivity index (χ3v) is 2.52. The average Bonchev–Trinajstić information content (AvgIpc) is 2.57. The first kappa shape index (κ1) is 13.4. The van der Waals surface area contributed by atoms with Crippen LogP contribution < -0.4 is 10.9 Å². The van der Waals surface area contributed by atoms with E-state index >= 15 is 0 Å². The van der Waals surface area contributed by atoms with Crippen LogP contribution in [0.25, 0.3) is 0 Å². The van der Waals surface area contributed by atoms with E-state index in [4.69, 9.17) is 0 Å². The molecule has 0 fully saturated rings. The Morgan fingerprint density at radius 2 is 2.18 bits per heavy atom. The van der Waals surface area contributed by atoms with E-state index < -0.39 is 4.92 Å². The van der Waals surface area contributed by atoms with Gasteiger partial charge in [-0.2, -0.15) is 0 Å². The summed E-state index contributed by atoms with van der Waals surface area (Å²) >= 11 is 0. The largest absolute Gasteiger partial charge is 0.324 e. The number of hydrazine groups is 1. The first-order chi connectivity index (χ1) is 7.99. The number of carbonyl (C=O) groups excluding carboxylic acids is 1. The maximum Gasteiger partial charge on any atom is 0.295 e. The van der Waals surface area contributed by atoms with E-state index in [1.165, 1.54) is 4.90 Å². The van der Waals surface area contributed by atoms with Gasteiger partial charge in [0, 0.05) is 12.6 Å². The quantitative estimate of drug-likeness (QED) is 0.395. The summed E-state index contributed by atoms with van der Waals surface area (Å²) in [6.45, 7) is 6.33. The van der Waals surface area contributed by atoms with E-state index in [2.05, 4.69) is 10.9 Å². The second-order valence-electron chi connectivity index (χ2n) is 4.16. The highest BCUT2D eigenvalue weighted by Gasteiger charge is 2.39. The number of amides is 1. The molecule has 1 aliphatic heterocycles. The van der Waals surface area contributed by atoms with Crippen molar-refractivity contribution < 1.29 is 9.72 Å². The summed E-state index contributed by atoms with van der Waals surface area (Å²) in [7, 11) is 0. The smallest absolute Gasteiger partial charge is 0.295 e. The Morgan fingerprint density at radius 3 is 2.65 bits per heavy atom. The summed E-state index contributed by atoms with van der Waals surface area (Å²) in [6, 6.07) is -0.0528. The molecule has 1 heterocycles. The van der Waals surface area contributed by atoms with Crippen molar-refractivity contribution in [3.63, 3.8) is 0 Å². The van der Waals surface area contributed by atoms with Crippen molar-refractivity contribution in [2.75, 3.05) is 13.1 Å². The normalized spacial score (nSPS) is 16.0. The molecule has 0 aliphatic carbocycles. The highest BCUT2D eigenvalue weighted by atomic mass is 16.6. The lowest BCUT2D eigenvalue weighted by molar-refractivity contribution is -0.427. The predicted molar refractivity (Wildman–Crippen MR) is 62.3 cm³/mol. The first-order valence-corrected chi connectivity index (χ1v) is 5.66. The van der Waals surface area contributed by atoms with E-state index in [0.29, 0.717) is 6.54 Å². The predicted octanol–water partition coefficient (Wildman–Crippen LogP) is 0.229. The zero-order valence-electron chi connectivity index (χ0n) is 10.3. The van der Waals surface area contributed by atoms with Crippen LogP contribution in [0, 0.1) is 10.1 Å². The van der Waals surface area contributed by atoms with Crippen LogP contribution in [0.15, 0.2) is 11.4 Å². The van der Waals surface area contributed by atoms with Crippen molar-refractivity contribution >= 4 is 5.91 Å². The average molecular weight is 242 g/mol. The Kier molecular flexibility index (Phi) is 4.45. The monoisotopic (exact) mass is 242 g/mol. The van der Waals surface area contributed by atoms with Gasteiger partial charge in [0.1, 0.15) is 6.54 Å². The molecule has 7 nitrogen and oxygen atoms in total. The van der Waals surface area contributed by atoms with Crippen molar-refractivity contribution in [1.82, 2.24) is 15.8 Å². The molecule has 0 aromatic rings. The fourth-order valence-corrected chi connectivity index (χ4v) is 1.55. The molecule has 1 amide bonds. The molecule has 0 unspecified atom stereocenters. The van der Waals surface area contributed by atoms with Crippen LogP contribution in [0.3, 0.4) is 0 Å². The molecule has 1 rings (SSSR count). The highest BCUT2D eigenvalue weighted by molar-refractivity contribution is 5.96. The number of nitrogens with zero attached hydrogens (tertiary/aromatic N) is 2. The summed E-state index contributed by atoms with van der Waals surface area (Å²) in [5.74, 6) is -0.324. The van der Waals surface area contributed by atoms with Crippen LogP contribution in [0.2, 0.25) is 0 Å². The lowest BCUT2D eigenvalue weighted by atomic mass is 10.3. The molecule has 0 saturated heterocycles. The van der Waals surface area contributed by atoms with Gasteiger partial charge in [-0.1, -0.05) is 6.92 Å². The van der Waals surface area contributed by atoms with Crippen LogP contribution in [-0.2, 0) is 4.79 Å². The van der Waals surface area contributed by atoms with Crippen LogP contribution >= 0.6 is 0 Å². The summed E-state index contributed by atoms with van der Waals surface area (Å²) in [5, 5.41) is 10.9. The topological polar surface area (TPSA) is 87.5 Å². The van der Waals surface area contributed by atoms with E-state index in [1.54, 1.807) is 0 Å². The van der Waals surface area contributed by atoms with Crippen molar-refractivity contribution in [2.45, 2.75) is 33.2 Å². The molecular weight excluding hydrogens is 224 g/mol. The SMILES string of the molecule is CCCNNC1=C([N+](=O)[O-])CN(C(C)C)C1=O. The molecule has 0 bridgehead atoms. The number of carbonyl (C=O) groups is 1. The van der Waals surface area contributed by atoms with Gasteiger partial charge in [-0.15, -0.1) is 0 Å². The zero-order chi connectivity index (χ0) is 13.0. The summed E-state index contributed by atoms with van der Waals surface area (Å²) in [4.78, 5) is 23.7.